The van der Waals surface area contributed by atoms with E-state index in [1.165, 1.54) is 6.92 Å². The normalized spacial score (nSPS) is 12.8. The number of rotatable bonds is 5. The molecule has 1 atom stereocenters. The number of amides is 1. The third-order valence-corrected chi connectivity index (χ3v) is 1.63. The van der Waals surface area contributed by atoms with Crippen molar-refractivity contribution in [1.29, 1.82) is 0 Å². The van der Waals surface area contributed by atoms with Crippen LogP contribution in [0.25, 0.3) is 0 Å². The Morgan fingerprint density at radius 2 is 1.94 bits per heavy atom. The number of ether oxygens (including phenoxy) is 2. The molecule has 0 fully saturated rings. The second-order valence-corrected chi connectivity index (χ2v) is 4.61. The van der Waals surface area contributed by atoms with Crippen LogP contribution in [0.1, 0.15) is 34.1 Å². The highest BCUT2D eigenvalue weighted by Gasteiger charge is 2.21. The number of aliphatic hydroxyl groups is 1. The quantitative estimate of drug-likeness (QED) is 0.555. The summed E-state index contributed by atoms with van der Waals surface area (Å²) in [6, 6.07) is -0.774. The van der Waals surface area contributed by atoms with Crippen molar-refractivity contribution >= 4 is 12.1 Å². The molecule has 0 aromatic rings. The van der Waals surface area contributed by atoms with Crippen LogP contribution in [0, 0.1) is 0 Å². The van der Waals surface area contributed by atoms with Crippen LogP contribution in [0.2, 0.25) is 0 Å². The predicted octanol–water partition coefficient (Wildman–Crippen LogP) is 0.825. The third kappa shape index (κ3) is 8.50. The van der Waals surface area contributed by atoms with Crippen LogP contribution in [-0.2, 0) is 14.3 Å². The molecule has 0 aromatic heterocycles. The van der Waals surface area contributed by atoms with Gasteiger partial charge in [-0.05, 0) is 27.7 Å². The lowest BCUT2D eigenvalue weighted by molar-refractivity contribution is -0.145. The van der Waals surface area contributed by atoms with Crippen LogP contribution in [0.3, 0.4) is 0 Å². The van der Waals surface area contributed by atoms with Gasteiger partial charge in [0.1, 0.15) is 11.6 Å². The molecule has 6 heteroatoms. The summed E-state index contributed by atoms with van der Waals surface area (Å²) in [5.74, 6) is -0.552. The Labute approximate surface area is 101 Å². The molecule has 0 aliphatic rings. The molecular formula is C11H21NO5. The maximum Gasteiger partial charge on any atom is 0.408 e. The molecule has 2 N–H and O–H groups in total. The lowest BCUT2D eigenvalue weighted by atomic mass is 10.2. The fourth-order valence-electron chi connectivity index (χ4n) is 0.906. The van der Waals surface area contributed by atoms with Gasteiger partial charge in [-0.15, -0.1) is 0 Å². The molecule has 0 radical (unpaired) electrons. The summed E-state index contributed by atoms with van der Waals surface area (Å²) in [5.41, 5.74) is -0.607. The number of aliphatic hydroxyl groups excluding tert-OH is 1. The van der Waals surface area contributed by atoms with Crippen LogP contribution in [0.15, 0.2) is 0 Å². The standard InChI is InChI=1S/C11H21NO5/c1-8(9(14)16-7-5-6-13)12-10(15)17-11(2,3)4/h8,13H,5-7H2,1-4H3,(H,12,15)/t8-/m1/s1. The van der Waals surface area contributed by atoms with Crippen LogP contribution >= 0.6 is 0 Å². The van der Waals surface area contributed by atoms with Crippen molar-refractivity contribution in [3.05, 3.63) is 0 Å². The highest BCUT2D eigenvalue weighted by molar-refractivity contribution is 5.80. The maximum atomic E-state index is 11.3. The summed E-state index contributed by atoms with van der Waals surface area (Å²) in [6.45, 7) is 6.80. The summed E-state index contributed by atoms with van der Waals surface area (Å²) >= 11 is 0. The molecule has 1 amide bonds. The fourth-order valence-corrected chi connectivity index (χ4v) is 0.906. The minimum atomic E-state index is -0.774. The number of carbonyl (C=O) groups is 2. The molecule has 17 heavy (non-hydrogen) atoms. The lowest BCUT2D eigenvalue weighted by Gasteiger charge is -2.21. The molecule has 0 rings (SSSR count). The van der Waals surface area contributed by atoms with E-state index in [9.17, 15) is 9.59 Å². The summed E-state index contributed by atoms with van der Waals surface area (Å²) in [4.78, 5) is 22.7. The van der Waals surface area contributed by atoms with Crippen molar-refractivity contribution in [1.82, 2.24) is 5.32 Å². The van der Waals surface area contributed by atoms with Gasteiger partial charge < -0.3 is 19.9 Å². The third-order valence-electron chi connectivity index (χ3n) is 1.63. The van der Waals surface area contributed by atoms with Gasteiger partial charge in [-0.3, -0.25) is 0 Å². The summed E-state index contributed by atoms with van der Waals surface area (Å²) in [6.07, 6.45) is -0.283. The monoisotopic (exact) mass is 247 g/mol. The number of alkyl carbamates (subject to hydrolysis) is 1. The van der Waals surface area contributed by atoms with Crippen molar-refractivity contribution in [2.24, 2.45) is 0 Å². The van der Waals surface area contributed by atoms with E-state index in [0.717, 1.165) is 0 Å². The zero-order valence-corrected chi connectivity index (χ0v) is 10.8. The van der Waals surface area contributed by atoms with E-state index in [1.54, 1.807) is 20.8 Å². The molecular weight excluding hydrogens is 226 g/mol. The first kappa shape index (κ1) is 15.7. The Morgan fingerprint density at radius 1 is 1.35 bits per heavy atom. The number of nitrogens with one attached hydrogen (secondary N) is 1. The van der Waals surface area contributed by atoms with E-state index in [2.05, 4.69) is 5.32 Å². The topological polar surface area (TPSA) is 84.9 Å². The number of hydrogen-bond donors (Lipinski definition) is 2. The van der Waals surface area contributed by atoms with E-state index in [1.807, 2.05) is 0 Å². The fraction of sp³-hybridized carbons (Fsp3) is 0.818. The molecule has 0 unspecified atom stereocenters. The lowest BCUT2D eigenvalue weighted by Crippen LogP contribution is -2.42. The summed E-state index contributed by atoms with van der Waals surface area (Å²) in [5, 5.41) is 10.9. The Kier molecular flexibility index (Phi) is 6.57. The van der Waals surface area contributed by atoms with Gasteiger partial charge in [-0.2, -0.15) is 0 Å². The van der Waals surface area contributed by atoms with Gasteiger partial charge in [0.25, 0.3) is 0 Å². The average molecular weight is 247 g/mol. The second-order valence-electron chi connectivity index (χ2n) is 4.61. The van der Waals surface area contributed by atoms with Gasteiger partial charge in [0.2, 0.25) is 0 Å². The average Bonchev–Trinajstić information content (AvgIpc) is 2.14. The van der Waals surface area contributed by atoms with Gasteiger partial charge in [-0.1, -0.05) is 0 Å². The van der Waals surface area contributed by atoms with E-state index < -0.39 is 23.7 Å². The van der Waals surface area contributed by atoms with Crippen molar-refractivity contribution in [2.45, 2.75) is 45.8 Å². The first-order chi connectivity index (χ1) is 7.76. The second kappa shape index (κ2) is 7.11. The van der Waals surface area contributed by atoms with E-state index in [0.29, 0.717) is 6.42 Å². The maximum absolute atomic E-state index is 11.3. The zero-order chi connectivity index (χ0) is 13.5. The highest BCUT2D eigenvalue weighted by Crippen LogP contribution is 2.06. The number of hydrogen-bond acceptors (Lipinski definition) is 5. The van der Waals surface area contributed by atoms with Gasteiger partial charge in [0, 0.05) is 13.0 Å². The van der Waals surface area contributed by atoms with Crippen molar-refractivity contribution in [2.75, 3.05) is 13.2 Å². The van der Waals surface area contributed by atoms with Crippen molar-refractivity contribution in [3.8, 4) is 0 Å². The predicted molar refractivity (Wildman–Crippen MR) is 61.5 cm³/mol. The Balaban J connectivity index is 3.95. The molecule has 0 spiro atoms. The minimum Gasteiger partial charge on any atom is -0.464 e. The number of carbonyl (C=O) groups excluding carboxylic acids is 2. The van der Waals surface area contributed by atoms with Gasteiger partial charge >= 0.3 is 12.1 Å². The van der Waals surface area contributed by atoms with Crippen molar-refractivity contribution < 1.29 is 24.2 Å². The van der Waals surface area contributed by atoms with E-state index in [4.69, 9.17) is 14.6 Å². The SMILES string of the molecule is C[C@@H](NC(=O)OC(C)(C)C)C(=O)OCCCO. The first-order valence-electron chi connectivity index (χ1n) is 5.53. The van der Waals surface area contributed by atoms with Crippen molar-refractivity contribution in [3.63, 3.8) is 0 Å². The summed E-state index contributed by atoms with van der Waals surface area (Å²) in [7, 11) is 0. The molecule has 0 saturated carbocycles. The first-order valence-corrected chi connectivity index (χ1v) is 5.53. The van der Waals surface area contributed by atoms with E-state index >= 15 is 0 Å². The molecule has 0 aliphatic carbocycles. The smallest absolute Gasteiger partial charge is 0.408 e. The molecule has 0 saturated heterocycles. The van der Waals surface area contributed by atoms with Crippen LogP contribution in [-0.4, -0.2) is 42.0 Å². The highest BCUT2D eigenvalue weighted by atomic mass is 16.6. The van der Waals surface area contributed by atoms with E-state index in [-0.39, 0.29) is 13.2 Å². The molecule has 0 bridgehead atoms. The van der Waals surface area contributed by atoms with Gasteiger partial charge in [0.15, 0.2) is 0 Å². The minimum absolute atomic E-state index is 0.0405. The largest absolute Gasteiger partial charge is 0.464 e. The molecule has 6 nitrogen and oxygen atoms in total. The van der Waals surface area contributed by atoms with Gasteiger partial charge in [-0.25, -0.2) is 9.59 Å². The summed E-state index contributed by atoms with van der Waals surface area (Å²) < 4.78 is 9.79. The van der Waals surface area contributed by atoms with Crippen LogP contribution in [0.5, 0.6) is 0 Å². The zero-order valence-electron chi connectivity index (χ0n) is 10.8. The molecule has 0 aliphatic heterocycles. The Morgan fingerprint density at radius 3 is 2.41 bits per heavy atom. The molecule has 0 heterocycles. The Bertz CT molecular complexity index is 259. The van der Waals surface area contributed by atoms with Gasteiger partial charge in [0.05, 0.1) is 6.61 Å². The van der Waals surface area contributed by atoms with Crippen LogP contribution < -0.4 is 5.32 Å². The number of esters is 1. The molecule has 100 valence electrons. The molecule has 0 aromatic carbocycles. The van der Waals surface area contributed by atoms with Crippen LogP contribution in [0.4, 0.5) is 4.79 Å². The Hall–Kier alpha value is -1.30.